The van der Waals surface area contributed by atoms with Gasteiger partial charge in [-0.05, 0) is 29.7 Å². The molecule has 0 saturated heterocycles. The van der Waals surface area contributed by atoms with E-state index in [2.05, 4.69) is 29.6 Å². The van der Waals surface area contributed by atoms with Crippen LogP contribution < -0.4 is 5.43 Å². The summed E-state index contributed by atoms with van der Waals surface area (Å²) in [6.07, 6.45) is 4.92. The standard InChI is InChI=1S/C16H19N3O/c1-3-13-6-8-14(9-7-13)12-17-18-16(20)11-15-5-4-10-19(15)2/h4-10,12H,3,11H2,1-2H3,(H,18,20)/b17-12-. The third-order valence-corrected chi connectivity index (χ3v) is 3.18. The number of rotatable bonds is 5. The number of amides is 1. The van der Waals surface area contributed by atoms with Gasteiger partial charge >= 0.3 is 0 Å². The number of hydrogen-bond donors (Lipinski definition) is 1. The first-order valence-corrected chi connectivity index (χ1v) is 6.70. The van der Waals surface area contributed by atoms with Gasteiger partial charge in [-0.2, -0.15) is 5.10 Å². The van der Waals surface area contributed by atoms with Crippen molar-refractivity contribution in [1.29, 1.82) is 0 Å². The van der Waals surface area contributed by atoms with Gasteiger partial charge < -0.3 is 4.57 Å². The third kappa shape index (κ3) is 3.82. The zero-order valence-corrected chi connectivity index (χ0v) is 11.8. The zero-order chi connectivity index (χ0) is 14.4. The van der Waals surface area contributed by atoms with E-state index in [0.717, 1.165) is 17.7 Å². The highest BCUT2D eigenvalue weighted by atomic mass is 16.2. The Hall–Kier alpha value is -2.36. The number of aromatic nitrogens is 1. The third-order valence-electron chi connectivity index (χ3n) is 3.18. The lowest BCUT2D eigenvalue weighted by atomic mass is 10.1. The van der Waals surface area contributed by atoms with Crippen LogP contribution in [-0.2, 0) is 24.7 Å². The van der Waals surface area contributed by atoms with Crippen molar-refractivity contribution in [1.82, 2.24) is 9.99 Å². The fraction of sp³-hybridized carbons (Fsp3) is 0.250. The Bertz CT molecular complexity index is 596. The second kappa shape index (κ2) is 6.70. The number of hydrogen-bond acceptors (Lipinski definition) is 2. The molecule has 0 spiro atoms. The maximum Gasteiger partial charge on any atom is 0.245 e. The molecule has 1 aromatic heterocycles. The Labute approximate surface area is 119 Å². The molecule has 2 aromatic rings. The summed E-state index contributed by atoms with van der Waals surface area (Å²) in [7, 11) is 1.92. The van der Waals surface area contributed by atoms with Crippen molar-refractivity contribution >= 4 is 12.1 Å². The molecular weight excluding hydrogens is 250 g/mol. The van der Waals surface area contributed by atoms with E-state index >= 15 is 0 Å². The summed E-state index contributed by atoms with van der Waals surface area (Å²) in [6.45, 7) is 2.12. The van der Waals surface area contributed by atoms with Crippen LogP contribution in [0.5, 0.6) is 0 Å². The predicted molar refractivity (Wildman–Crippen MR) is 80.7 cm³/mol. The van der Waals surface area contributed by atoms with Crippen molar-refractivity contribution in [2.24, 2.45) is 12.1 Å². The lowest BCUT2D eigenvalue weighted by Gasteiger charge is -2.02. The Morgan fingerprint density at radius 2 is 2.05 bits per heavy atom. The second-order valence-electron chi connectivity index (χ2n) is 4.68. The molecule has 0 saturated carbocycles. The number of aryl methyl sites for hydroxylation is 2. The van der Waals surface area contributed by atoms with Crippen LogP contribution in [0.3, 0.4) is 0 Å². The average Bonchev–Trinajstić information content (AvgIpc) is 2.85. The number of carbonyl (C=O) groups is 1. The first kappa shape index (κ1) is 14.1. The van der Waals surface area contributed by atoms with Crippen molar-refractivity contribution < 1.29 is 4.79 Å². The molecule has 0 aliphatic carbocycles. The second-order valence-corrected chi connectivity index (χ2v) is 4.68. The molecule has 2 rings (SSSR count). The predicted octanol–water partition coefficient (Wildman–Crippen LogP) is 2.28. The lowest BCUT2D eigenvalue weighted by molar-refractivity contribution is -0.120. The van der Waals surface area contributed by atoms with E-state index < -0.39 is 0 Å². The molecule has 0 aliphatic rings. The molecule has 4 heteroatoms. The number of nitrogens with zero attached hydrogens (tertiary/aromatic N) is 2. The van der Waals surface area contributed by atoms with Crippen molar-refractivity contribution in [3.05, 3.63) is 59.4 Å². The minimum Gasteiger partial charge on any atom is -0.354 e. The van der Waals surface area contributed by atoms with Crippen LogP contribution in [0.25, 0.3) is 0 Å². The quantitative estimate of drug-likeness (QED) is 0.657. The van der Waals surface area contributed by atoms with Crippen LogP contribution in [0.2, 0.25) is 0 Å². The van der Waals surface area contributed by atoms with E-state index in [1.807, 2.05) is 42.1 Å². The molecule has 0 fully saturated rings. The molecule has 1 N–H and O–H groups in total. The fourth-order valence-electron chi connectivity index (χ4n) is 1.90. The van der Waals surface area contributed by atoms with E-state index in [1.165, 1.54) is 5.56 Å². The summed E-state index contributed by atoms with van der Waals surface area (Å²) in [5, 5.41) is 3.97. The van der Waals surface area contributed by atoms with Crippen LogP contribution in [0.15, 0.2) is 47.7 Å². The smallest absolute Gasteiger partial charge is 0.245 e. The minimum atomic E-state index is -0.117. The number of hydrazone groups is 1. The van der Waals surface area contributed by atoms with Crippen molar-refractivity contribution in [3.8, 4) is 0 Å². The maximum atomic E-state index is 11.7. The van der Waals surface area contributed by atoms with Crippen molar-refractivity contribution in [3.63, 3.8) is 0 Å². The zero-order valence-electron chi connectivity index (χ0n) is 11.8. The van der Waals surface area contributed by atoms with E-state index in [0.29, 0.717) is 6.42 Å². The highest BCUT2D eigenvalue weighted by molar-refractivity contribution is 5.83. The summed E-state index contributed by atoms with van der Waals surface area (Å²) < 4.78 is 1.92. The molecule has 0 radical (unpaired) electrons. The maximum absolute atomic E-state index is 11.7. The average molecular weight is 269 g/mol. The van der Waals surface area contributed by atoms with Gasteiger partial charge in [0.2, 0.25) is 5.91 Å². The van der Waals surface area contributed by atoms with Gasteiger partial charge in [0.15, 0.2) is 0 Å². The van der Waals surface area contributed by atoms with E-state index in [1.54, 1.807) is 6.21 Å². The molecule has 0 bridgehead atoms. The van der Waals surface area contributed by atoms with Gasteiger partial charge in [-0.15, -0.1) is 0 Å². The van der Waals surface area contributed by atoms with Gasteiger partial charge in [-0.25, -0.2) is 5.43 Å². The Balaban J connectivity index is 1.86. The van der Waals surface area contributed by atoms with Gasteiger partial charge in [0, 0.05) is 18.9 Å². The molecule has 0 unspecified atom stereocenters. The SMILES string of the molecule is CCc1ccc(/C=N\NC(=O)Cc2cccn2C)cc1. The molecule has 20 heavy (non-hydrogen) atoms. The fourth-order valence-corrected chi connectivity index (χ4v) is 1.90. The topological polar surface area (TPSA) is 46.4 Å². The Kier molecular flexibility index (Phi) is 4.71. The largest absolute Gasteiger partial charge is 0.354 e. The number of carbonyl (C=O) groups excluding carboxylic acids is 1. The van der Waals surface area contributed by atoms with Crippen LogP contribution in [0.1, 0.15) is 23.7 Å². The highest BCUT2D eigenvalue weighted by Gasteiger charge is 2.04. The summed E-state index contributed by atoms with van der Waals surface area (Å²) >= 11 is 0. The van der Waals surface area contributed by atoms with Crippen LogP contribution >= 0.6 is 0 Å². The molecule has 1 amide bonds. The summed E-state index contributed by atoms with van der Waals surface area (Å²) in [4.78, 5) is 11.7. The van der Waals surface area contributed by atoms with Crippen LogP contribution in [0, 0.1) is 0 Å². The summed E-state index contributed by atoms with van der Waals surface area (Å²) in [6, 6.07) is 11.9. The first-order chi connectivity index (χ1) is 9.69. The molecule has 1 heterocycles. The van der Waals surface area contributed by atoms with E-state index in [9.17, 15) is 4.79 Å². The van der Waals surface area contributed by atoms with Crippen molar-refractivity contribution in [2.45, 2.75) is 19.8 Å². The van der Waals surface area contributed by atoms with Gasteiger partial charge in [-0.1, -0.05) is 31.2 Å². The van der Waals surface area contributed by atoms with E-state index in [-0.39, 0.29) is 5.91 Å². The normalized spacial score (nSPS) is 10.9. The molecule has 4 nitrogen and oxygen atoms in total. The van der Waals surface area contributed by atoms with Gasteiger partial charge in [0.1, 0.15) is 0 Å². The van der Waals surface area contributed by atoms with Crippen LogP contribution in [-0.4, -0.2) is 16.7 Å². The van der Waals surface area contributed by atoms with Gasteiger partial charge in [0.05, 0.1) is 12.6 Å². The first-order valence-electron chi connectivity index (χ1n) is 6.70. The number of benzene rings is 1. The Morgan fingerprint density at radius 3 is 2.65 bits per heavy atom. The number of nitrogens with one attached hydrogen (secondary N) is 1. The Morgan fingerprint density at radius 1 is 1.30 bits per heavy atom. The van der Waals surface area contributed by atoms with Gasteiger partial charge in [-0.3, -0.25) is 4.79 Å². The van der Waals surface area contributed by atoms with Crippen LogP contribution in [0.4, 0.5) is 0 Å². The summed E-state index contributed by atoms with van der Waals surface area (Å²) in [5.41, 5.74) is 5.77. The van der Waals surface area contributed by atoms with E-state index in [4.69, 9.17) is 0 Å². The lowest BCUT2D eigenvalue weighted by Crippen LogP contribution is -2.20. The minimum absolute atomic E-state index is 0.117. The molecule has 0 atom stereocenters. The molecule has 0 aliphatic heterocycles. The van der Waals surface area contributed by atoms with Gasteiger partial charge in [0.25, 0.3) is 0 Å². The molecule has 1 aromatic carbocycles. The molecule has 104 valence electrons. The monoisotopic (exact) mass is 269 g/mol. The molecular formula is C16H19N3O. The van der Waals surface area contributed by atoms with Crippen molar-refractivity contribution in [2.75, 3.05) is 0 Å². The highest BCUT2D eigenvalue weighted by Crippen LogP contribution is 2.03. The summed E-state index contributed by atoms with van der Waals surface area (Å²) in [5.74, 6) is -0.117.